The summed E-state index contributed by atoms with van der Waals surface area (Å²) in [4.78, 5) is 14.4. The molecular formula is C16H23NO2. The maximum atomic E-state index is 12.5. The molecule has 0 spiro atoms. The average molecular weight is 261 g/mol. The summed E-state index contributed by atoms with van der Waals surface area (Å²) < 4.78 is 0. The second kappa shape index (κ2) is 6.71. The van der Waals surface area contributed by atoms with E-state index in [0.717, 1.165) is 32.2 Å². The number of carbonyl (C=O) groups is 1. The molecule has 0 saturated heterocycles. The highest BCUT2D eigenvalue weighted by Crippen LogP contribution is 2.27. The minimum absolute atomic E-state index is 0.0507. The molecule has 1 aliphatic rings. The molecule has 1 aromatic carbocycles. The lowest BCUT2D eigenvalue weighted by Crippen LogP contribution is -2.39. The Morgan fingerprint density at radius 3 is 2.42 bits per heavy atom. The van der Waals surface area contributed by atoms with E-state index in [-0.39, 0.29) is 18.4 Å². The first-order valence-corrected chi connectivity index (χ1v) is 7.22. The Morgan fingerprint density at radius 2 is 1.89 bits per heavy atom. The van der Waals surface area contributed by atoms with Crippen LogP contribution in [0.3, 0.4) is 0 Å². The molecule has 3 nitrogen and oxygen atoms in total. The van der Waals surface area contributed by atoms with Gasteiger partial charge in [0.05, 0.1) is 6.61 Å². The number of benzene rings is 1. The Kier molecular flexibility index (Phi) is 4.97. The molecule has 0 saturated carbocycles. The number of rotatable bonds is 6. The van der Waals surface area contributed by atoms with Gasteiger partial charge in [0.2, 0.25) is 5.91 Å². The Hall–Kier alpha value is -1.35. The van der Waals surface area contributed by atoms with E-state index in [1.165, 1.54) is 11.1 Å². The van der Waals surface area contributed by atoms with Gasteiger partial charge in [-0.05, 0) is 30.4 Å². The zero-order chi connectivity index (χ0) is 13.7. The number of aliphatic hydroxyl groups excluding tert-OH is 1. The van der Waals surface area contributed by atoms with Gasteiger partial charge in [0.1, 0.15) is 0 Å². The third kappa shape index (κ3) is 3.35. The highest BCUT2D eigenvalue weighted by atomic mass is 16.3. The van der Waals surface area contributed by atoms with Gasteiger partial charge < -0.3 is 10.0 Å². The van der Waals surface area contributed by atoms with Crippen molar-refractivity contribution in [2.45, 2.75) is 32.6 Å². The van der Waals surface area contributed by atoms with Gasteiger partial charge >= 0.3 is 0 Å². The molecule has 2 rings (SSSR count). The van der Waals surface area contributed by atoms with E-state index in [9.17, 15) is 4.79 Å². The Morgan fingerprint density at radius 1 is 1.26 bits per heavy atom. The molecule has 0 bridgehead atoms. The van der Waals surface area contributed by atoms with Crippen LogP contribution in [0.5, 0.6) is 0 Å². The maximum Gasteiger partial charge on any atom is 0.226 e. The highest BCUT2D eigenvalue weighted by Gasteiger charge is 2.29. The van der Waals surface area contributed by atoms with Crippen LogP contribution < -0.4 is 0 Å². The lowest BCUT2D eigenvalue weighted by molar-refractivity contribution is -0.135. The fourth-order valence-corrected chi connectivity index (χ4v) is 2.79. The van der Waals surface area contributed by atoms with Gasteiger partial charge in [0.25, 0.3) is 0 Å². The zero-order valence-electron chi connectivity index (χ0n) is 11.6. The lowest BCUT2D eigenvalue weighted by Gasteiger charge is -2.24. The number of hydrogen-bond donors (Lipinski definition) is 1. The van der Waals surface area contributed by atoms with Crippen LogP contribution in [0, 0.1) is 5.92 Å². The zero-order valence-corrected chi connectivity index (χ0v) is 11.6. The van der Waals surface area contributed by atoms with Crippen LogP contribution in [0.1, 0.15) is 30.9 Å². The van der Waals surface area contributed by atoms with Crippen LogP contribution in [-0.2, 0) is 17.6 Å². The van der Waals surface area contributed by atoms with E-state index in [4.69, 9.17) is 5.11 Å². The first-order valence-electron chi connectivity index (χ1n) is 7.22. The summed E-state index contributed by atoms with van der Waals surface area (Å²) in [5.74, 6) is 0.277. The molecule has 0 fully saturated rings. The first kappa shape index (κ1) is 14.1. The van der Waals surface area contributed by atoms with Crippen LogP contribution in [0.25, 0.3) is 0 Å². The molecule has 1 aromatic rings. The number of amides is 1. The smallest absolute Gasteiger partial charge is 0.226 e. The molecule has 0 heterocycles. The van der Waals surface area contributed by atoms with E-state index >= 15 is 0 Å². The van der Waals surface area contributed by atoms with Crippen LogP contribution in [0.15, 0.2) is 24.3 Å². The van der Waals surface area contributed by atoms with E-state index in [2.05, 4.69) is 19.1 Å². The predicted molar refractivity (Wildman–Crippen MR) is 75.9 cm³/mol. The van der Waals surface area contributed by atoms with Crippen LogP contribution in [-0.4, -0.2) is 35.6 Å². The summed E-state index contributed by atoms with van der Waals surface area (Å²) in [6.45, 7) is 3.40. The second-order valence-corrected chi connectivity index (χ2v) is 5.28. The van der Waals surface area contributed by atoms with E-state index in [0.29, 0.717) is 6.54 Å². The number of carbonyl (C=O) groups excluding carboxylic acids is 1. The molecule has 0 atom stereocenters. The highest BCUT2D eigenvalue weighted by molar-refractivity contribution is 5.80. The van der Waals surface area contributed by atoms with E-state index in [1.54, 1.807) is 0 Å². The molecule has 1 amide bonds. The topological polar surface area (TPSA) is 40.5 Å². The van der Waals surface area contributed by atoms with Crippen molar-refractivity contribution in [3.63, 3.8) is 0 Å². The summed E-state index contributed by atoms with van der Waals surface area (Å²) in [5.41, 5.74) is 2.61. The van der Waals surface area contributed by atoms with E-state index in [1.807, 2.05) is 17.0 Å². The van der Waals surface area contributed by atoms with Gasteiger partial charge in [-0.1, -0.05) is 37.6 Å². The number of nitrogens with zero attached hydrogens (tertiary/aromatic N) is 1. The standard InChI is InChI=1S/C16H23NO2/c1-2-3-8-17(9-10-18)16(19)15-11-13-6-4-5-7-14(13)12-15/h4-7,15,18H,2-3,8-12H2,1H3. The molecule has 19 heavy (non-hydrogen) atoms. The second-order valence-electron chi connectivity index (χ2n) is 5.28. The van der Waals surface area contributed by atoms with Crippen molar-refractivity contribution in [2.75, 3.05) is 19.7 Å². The molecule has 0 aliphatic heterocycles. The largest absolute Gasteiger partial charge is 0.395 e. The molecule has 1 aliphatic carbocycles. The fourth-order valence-electron chi connectivity index (χ4n) is 2.79. The van der Waals surface area contributed by atoms with Gasteiger partial charge in [0.15, 0.2) is 0 Å². The van der Waals surface area contributed by atoms with Gasteiger partial charge in [-0.3, -0.25) is 4.79 Å². The number of fused-ring (bicyclic) bond motifs is 1. The monoisotopic (exact) mass is 261 g/mol. The van der Waals surface area contributed by atoms with Crippen molar-refractivity contribution >= 4 is 5.91 Å². The average Bonchev–Trinajstić information content (AvgIpc) is 2.86. The van der Waals surface area contributed by atoms with Crippen LogP contribution in [0.2, 0.25) is 0 Å². The molecule has 1 N–H and O–H groups in total. The Balaban J connectivity index is 1.99. The molecule has 0 aromatic heterocycles. The normalized spacial score (nSPS) is 14.4. The fraction of sp³-hybridized carbons (Fsp3) is 0.562. The van der Waals surface area contributed by atoms with E-state index < -0.39 is 0 Å². The quantitative estimate of drug-likeness (QED) is 0.851. The Bertz CT molecular complexity index is 406. The number of hydrogen-bond acceptors (Lipinski definition) is 2. The van der Waals surface area contributed by atoms with Crippen molar-refractivity contribution in [1.82, 2.24) is 4.90 Å². The summed E-state index contributed by atoms with van der Waals surface area (Å²) in [6.07, 6.45) is 3.78. The molecule has 3 heteroatoms. The predicted octanol–water partition coefficient (Wildman–Crippen LogP) is 2.02. The SMILES string of the molecule is CCCCN(CCO)C(=O)C1Cc2ccccc2C1. The van der Waals surface area contributed by atoms with Crippen molar-refractivity contribution in [3.05, 3.63) is 35.4 Å². The Labute approximate surface area is 115 Å². The summed E-state index contributed by atoms with van der Waals surface area (Å²) >= 11 is 0. The summed E-state index contributed by atoms with van der Waals surface area (Å²) in [6, 6.07) is 8.30. The third-order valence-corrected chi connectivity index (χ3v) is 3.86. The minimum atomic E-state index is 0.0507. The molecule has 0 unspecified atom stereocenters. The number of unbranched alkanes of at least 4 members (excludes halogenated alkanes) is 1. The third-order valence-electron chi connectivity index (χ3n) is 3.86. The molecule has 0 radical (unpaired) electrons. The van der Waals surface area contributed by atoms with Crippen LogP contribution >= 0.6 is 0 Å². The van der Waals surface area contributed by atoms with Crippen LogP contribution in [0.4, 0.5) is 0 Å². The summed E-state index contributed by atoms with van der Waals surface area (Å²) in [5, 5.41) is 9.11. The van der Waals surface area contributed by atoms with Gasteiger partial charge in [-0.2, -0.15) is 0 Å². The molecule has 104 valence electrons. The van der Waals surface area contributed by atoms with Gasteiger partial charge in [-0.25, -0.2) is 0 Å². The maximum absolute atomic E-state index is 12.5. The lowest BCUT2D eigenvalue weighted by atomic mass is 10.0. The molecular weight excluding hydrogens is 238 g/mol. The van der Waals surface area contributed by atoms with Gasteiger partial charge in [0, 0.05) is 19.0 Å². The first-order chi connectivity index (χ1) is 9.26. The van der Waals surface area contributed by atoms with Crippen molar-refractivity contribution < 1.29 is 9.90 Å². The number of aliphatic hydroxyl groups is 1. The van der Waals surface area contributed by atoms with Crippen molar-refractivity contribution in [1.29, 1.82) is 0 Å². The summed E-state index contributed by atoms with van der Waals surface area (Å²) in [7, 11) is 0. The van der Waals surface area contributed by atoms with Crippen molar-refractivity contribution in [2.24, 2.45) is 5.92 Å². The van der Waals surface area contributed by atoms with Gasteiger partial charge in [-0.15, -0.1) is 0 Å². The minimum Gasteiger partial charge on any atom is -0.395 e. The van der Waals surface area contributed by atoms with Crippen molar-refractivity contribution in [3.8, 4) is 0 Å².